The number of esters is 1. The molecule has 1 saturated heterocycles. The van der Waals surface area contributed by atoms with Gasteiger partial charge < -0.3 is 10.1 Å². The molecule has 1 N–H and O–H groups in total. The number of hydrogen-bond acceptors (Lipinski definition) is 5. The van der Waals surface area contributed by atoms with Crippen molar-refractivity contribution in [2.24, 2.45) is 11.8 Å². The minimum Gasteiger partial charge on any atom is -0.462 e. The predicted octanol–water partition coefficient (Wildman–Crippen LogP) is 6.40. The summed E-state index contributed by atoms with van der Waals surface area (Å²) in [6.45, 7) is 2.21. The van der Waals surface area contributed by atoms with Gasteiger partial charge in [0.2, 0.25) is 17.7 Å². The fourth-order valence-corrected chi connectivity index (χ4v) is 8.43. The largest absolute Gasteiger partial charge is 0.462 e. The number of carbonyl (C=O) groups is 4. The van der Waals surface area contributed by atoms with Crippen molar-refractivity contribution in [1.29, 1.82) is 0 Å². The van der Waals surface area contributed by atoms with Crippen LogP contribution in [0.5, 0.6) is 0 Å². The van der Waals surface area contributed by atoms with Crippen molar-refractivity contribution in [3.8, 4) is 0 Å². The van der Waals surface area contributed by atoms with Crippen LogP contribution >= 0.6 is 23.2 Å². The maximum absolute atomic E-state index is 14.6. The van der Waals surface area contributed by atoms with Crippen LogP contribution in [-0.2, 0) is 35.3 Å². The van der Waals surface area contributed by atoms with Gasteiger partial charge in [-0.15, -0.1) is 23.2 Å². The zero-order valence-electron chi connectivity index (χ0n) is 24.9. The van der Waals surface area contributed by atoms with Gasteiger partial charge in [0.15, 0.2) is 0 Å². The van der Waals surface area contributed by atoms with Crippen LogP contribution in [0.25, 0.3) is 0 Å². The van der Waals surface area contributed by atoms with Crippen LogP contribution in [0.15, 0.2) is 103 Å². The number of imide groups is 1. The number of likely N-dealkylation sites (tertiary alicyclic amines) is 1. The van der Waals surface area contributed by atoms with Gasteiger partial charge in [0.1, 0.15) is 15.8 Å². The van der Waals surface area contributed by atoms with Crippen molar-refractivity contribution in [2.75, 3.05) is 11.9 Å². The number of carbonyl (C=O) groups excluding carboxylic acids is 4. The van der Waals surface area contributed by atoms with E-state index in [1.54, 1.807) is 24.3 Å². The normalized spacial score (nSPS) is 24.5. The van der Waals surface area contributed by atoms with Gasteiger partial charge in [-0.25, -0.2) is 4.79 Å². The van der Waals surface area contributed by atoms with Gasteiger partial charge in [0.25, 0.3) is 0 Å². The number of hydrogen-bond donors (Lipinski definition) is 1. The van der Waals surface area contributed by atoms with E-state index in [-0.39, 0.29) is 6.42 Å². The zero-order chi connectivity index (χ0) is 32.2. The summed E-state index contributed by atoms with van der Waals surface area (Å²) in [6.07, 6.45) is 0.779. The first kappa shape index (κ1) is 30.2. The SMILES string of the molecule is CCCOC(=O)c1ccc(NC(=O)[C@H](Cc2ccccc2)N2C(=O)[C@H]3[C@H](C2=O)C2(Cl)c4ccccc4C3(Cl)c3ccccc32)cc1. The third-order valence-electron chi connectivity index (χ3n) is 9.33. The summed E-state index contributed by atoms with van der Waals surface area (Å²) in [4.78, 5) is 54.0. The average Bonchev–Trinajstić information content (AvgIpc) is 3.36. The molecule has 1 heterocycles. The molecule has 1 aliphatic heterocycles. The molecule has 0 unspecified atom stereocenters. The Labute approximate surface area is 276 Å². The number of amides is 3. The first-order valence-electron chi connectivity index (χ1n) is 15.3. The van der Waals surface area contributed by atoms with Crippen LogP contribution < -0.4 is 5.32 Å². The fourth-order valence-electron chi connectivity index (χ4n) is 7.33. The lowest BCUT2D eigenvalue weighted by Crippen LogP contribution is -2.57. The highest BCUT2D eigenvalue weighted by Gasteiger charge is 2.73. The number of benzene rings is 4. The second-order valence-corrected chi connectivity index (χ2v) is 13.1. The Morgan fingerprint density at radius 1 is 0.761 bits per heavy atom. The van der Waals surface area contributed by atoms with Gasteiger partial charge in [-0.2, -0.15) is 0 Å². The number of rotatable bonds is 8. The number of halogens is 2. The standard InChI is InChI=1S/C37H30Cl2N2O5/c1-2-20-46-35(45)23-16-18-24(19-17-23)40-32(42)29(21-22-10-4-3-5-11-22)41-33(43)30-31(34(41)44)37(39)26-13-7-6-12-25(26)36(30,38)27-14-8-9-15-28(27)37/h3-19,29-31H,2,20-21H2,1H3,(H,40,42)/t29-,30+,31+,36?,37?/m0/s1. The Hall–Kier alpha value is -4.46. The van der Waals surface area contributed by atoms with Crippen LogP contribution in [-0.4, -0.2) is 41.2 Å². The van der Waals surface area contributed by atoms with E-state index in [0.717, 1.165) is 10.5 Å². The fraction of sp³-hybridized carbons (Fsp3) is 0.243. The second kappa shape index (κ2) is 11.4. The average molecular weight is 654 g/mol. The molecule has 0 spiro atoms. The van der Waals surface area contributed by atoms with E-state index in [0.29, 0.717) is 46.5 Å². The van der Waals surface area contributed by atoms with Crippen molar-refractivity contribution in [1.82, 2.24) is 4.90 Å². The minimum absolute atomic E-state index is 0.0789. The molecule has 4 aromatic carbocycles. The lowest BCUT2D eigenvalue weighted by Gasteiger charge is -2.54. The Morgan fingerprint density at radius 3 is 1.72 bits per heavy atom. The van der Waals surface area contributed by atoms with Crippen LogP contribution in [0, 0.1) is 11.8 Å². The molecule has 3 atom stereocenters. The van der Waals surface area contributed by atoms with E-state index < -0.39 is 51.3 Å². The van der Waals surface area contributed by atoms with Crippen molar-refractivity contribution in [2.45, 2.75) is 35.6 Å². The molecule has 0 radical (unpaired) electrons. The molecule has 2 bridgehead atoms. The van der Waals surface area contributed by atoms with E-state index in [9.17, 15) is 19.2 Å². The molecule has 46 heavy (non-hydrogen) atoms. The Morgan fingerprint density at radius 2 is 1.24 bits per heavy atom. The highest BCUT2D eigenvalue weighted by Crippen LogP contribution is 2.69. The van der Waals surface area contributed by atoms with Crippen LogP contribution in [0.1, 0.15) is 51.5 Å². The number of nitrogens with one attached hydrogen (secondary N) is 1. The summed E-state index contributed by atoms with van der Waals surface area (Å²) in [6, 6.07) is 29.1. The smallest absolute Gasteiger partial charge is 0.338 e. The monoisotopic (exact) mass is 652 g/mol. The summed E-state index contributed by atoms with van der Waals surface area (Å²) in [5.41, 5.74) is 4.27. The topological polar surface area (TPSA) is 92.8 Å². The molecular weight excluding hydrogens is 623 g/mol. The Kier molecular flexibility index (Phi) is 7.49. The molecule has 4 aromatic rings. The third kappa shape index (κ3) is 4.40. The molecule has 0 saturated carbocycles. The lowest BCUT2D eigenvalue weighted by atomic mass is 9.54. The van der Waals surface area contributed by atoms with Gasteiger partial charge in [-0.1, -0.05) is 85.8 Å². The summed E-state index contributed by atoms with van der Waals surface area (Å²) in [5, 5.41) is 2.86. The maximum atomic E-state index is 14.6. The van der Waals surface area contributed by atoms with Crippen LogP contribution in [0.4, 0.5) is 5.69 Å². The molecule has 4 aliphatic rings. The number of nitrogens with zero attached hydrogens (tertiary/aromatic N) is 1. The zero-order valence-corrected chi connectivity index (χ0v) is 26.4. The van der Waals surface area contributed by atoms with Crippen molar-refractivity contribution in [3.05, 3.63) is 137 Å². The summed E-state index contributed by atoms with van der Waals surface area (Å²) < 4.78 is 5.20. The molecule has 8 rings (SSSR count). The molecular formula is C37H30Cl2N2O5. The first-order chi connectivity index (χ1) is 22.2. The molecule has 232 valence electrons. The number of alkyl halides is 2. The van der Waals surface area contributed by atoms with E-state index >= 15 is 0 Å². The highest BCUT2D eigenvalue weighted by atomic mass is 35.5. The van der Waals surface area contributed by atoms with Gasteiger partial charge in [-0.05, 0) is 58.5 Å². The summed E-state index contributed by atoms with van der Waals surface area (Å²) in [5.74, 6) is -4.14. The molecule has 0 aromatic heterocycles. The van der Waals surface area contributed by atoms with Crippen molar-refractivity contribution in [3.63, 3.8) is 0 Å². The predicted molar refractivity (Wildman–Crippen MR) is 175 cm³/mol. The first-order valence-corrected chi connectivity index (χ1v) is 16.0. The van der Waals surface area contributed by atoms with Gasteiger partial charge in [-0.3, -0.25) is 19.3 Å². The molecule has 7 nitrogen and oxygen atoms in total. The minimum atomic E-state index is -1.36. The van der Waals surface area contributed by atoms with Gasteiger partial charge in [0.05, 0.1) is 24.0 Å². The molecule has 3 amide bonds. The number of anilines is 1. The Balaban J connectivity index is 1.27. The summed E-state index contributed by atoms with van der Waals surface area (Å²) in [7, 11) is 0. The van der Waals surface area contributed by atoms with E-state index in [4.69, 9.17) is 27.9 Å². The third-order valence-corrected chi connectivity index (χ3v) is 10.6. The molecule has 1 fully saturated rings. The lowest BCUT2D eigenvalue weighted by molar-refractivity contribution is -0.146. The molecule has 3 aliphatic carbocycles. The van der Waals surface area contributed by atoms with Crippen molar-refractivity contribution >= 4 is 52.6 Å². The van der Waals surface area contributed by atoms with Crippen LogP contribution in [0.3, 0.4) is 0 Å². The van der Waals surface area contributed by atoms with Crippen molar-refractivity contribution < 1.29 is 23.9 Å². The Bertz CT molecular complexity index is 1750. The maximum Gasteiger partial charge on any atom is 0.338 e. The van der Waals surface area contributed by atoms with Gasteiger partial charge >= 0.3 is 5.97 Å². The quantitative estimate of drug-likeness (QED) is 0.135. The van der Waals surface area contributed by atoms with Crippen LogP contribution in [0.2, 0.25) is 0 Å². The second-order valence-electron chi connectivity index (χ2n) is 11.9. The molecule has 9 heteroatoms. The van der Waals surface area contributed by atoms with E-state index in [2.05, 4.69) is 5.32 Å². The highest BCUT2D eigenvalue weighted by molar-refractivity contribution is 6.36. The number of ether oxygens (including phenoxy) is 1. The van der Waals surface area contributed by atoms with E-state index in [1.807, 2.05) is 85.8 Å². The van der Waals surface area contributed by atoms with E-state index in [1.165, 1.54) is 0 Å². The van der Waals surface area contributed by atoms with Gasteiger partial charge in [0, 0.05) is 12.1 Å². The summed E-state index contributed by atoms with van der Waals surface area (Å²) >= 11 is 15.2.